The summed E-state index contributed by atoms with van der Waals surface area (Å²) in [6, 6.07) is 5.21. The first-order chi connectivity index (χ1) is 7.27. The van der Waals surface area contributed by atoms with Gasteiger partial charge in [0.05, 0.1) is 13.7 Å². The van der Waals surface area contributed by atoms with Gasteiger partial charge in [0.25, 0.3) is 0 Å². The molecule has 15 heavy (non-hydrogen) atoms. The summed E-state index contributed by atoms with van der Waals surface area (Å²) < 4.78 is 10.2. The molecule has 0 spiro atoms. The highest BCUT2D eigenvalue weighted by Gasteiger charge is 1.99. The van der Waals surface area contributed by atoms with Gasteiger partial charge in [-0.05, 0) is 24.6 Å². The van der Waals surface area contributed by atoms with E-state index in [1.165, 1.54) is 7.11 Å². The largest absolute Gasteiger partial charge is 0.504 e. The van der Waals surface area contributed by atoms with E-state index in [1.807, 2.05) is 25.1 Å². The van der Waals surface area contributed by atoms with Crippen LogP contribution in [0.4, 0.5) is 0 Å². The van der Waals surface area contributed by atoms with Crippen molar-refractivity contribution in [2.45, 2.75) is 6.92 Å². The van der Waals surface area contributed by atoms with Crippen LogP contribution in [0.1, 0.15) is 12.5 Å². The number of rotatable bonds is 5. The molecule has 3 nitrogen and oxygen atoms in total. The van der Waals surface area contributed by atoms with Gasteiger partial charge in [-0.15, -0.1) is 0 Å². The molecule has 0 amide bonds. The highest BCUT2D eigenvalue weighted by Crippen LogP contribution is 2.26. The summed E-state index contributed by atoms with van der Waals surface area (Å²) in [4.78, 5) is 0. The van der Waals surface area contributed by atoms with E-state index in [4.69, 9.17) is 9.47 Å². The molecule has 1 aromatic carbocycles. The lowest BCUT2D eigenvalue weighted by molar-refractivity contribution is 0.178. The Bertz CT molecular complexity index is 332. The number of ether oxygens (including phenoxy) is 2. The third-order valence-corrected chi connectivity index (χ3v) is 1.93. The molecule has 0 aliphatic heterocycles. The molecule has 3 heteroatoms. The van der Waals surface area contributed by atoms with Gasteiger partial charge in [0.15, 0.2) is 11.5 Å². The third-order valence-electron chi connectivity index (χ3n) is 1.93. The molecule has 0 aromatic heterocycles. The summed E-state index contributed by atoms with van der Waals surface area (Å²) in [6.07, 6.45) is 3.85. The fourth-order valence-corrected chi connectivity index (χ4v) is 1.17. The van der Waals surface area contributed by atoms with Crippen LogP contribution in [0, 0.1) is 0 Å². The lowest BCUT2D eigenvalue weighted by Crippen LogP contribution is -1.88. The number of phenols is 1. The second kappa shape index (κ2) is 6.09. The Morgan fingerprint density at radius 3 is 2.87 bits per heavy atom. The summed E-state index contributed by atoms with van der Waals surface area (Å²) in [6.45, 7) is 3.26. The fraction of sp³-hybridized carbons (Fsp3) is 0.333. The van der Waals surface area contributed by atoms with Crippen LogP contribution in [0.25, 0.3) is 6.08 Å². The average molecular weight is 208 g/mol. The fourth-order valence-electron chi connectivity index (χ4n) is 1.17. The molecule has 0 bridgehead atoms. The van der Waals surface area contributed by atoms with Crippen LogP contribution in [0.2, 0.25) is 0 Å². The Morgan fingerprint density at radius 1 is 1.40 bits per heavy atom. The molecule has 0 saturated heterocycles. The van der Waals surface area contributed by atoms with Crippen molar-refractivity contribution in [1.29, 1.82) is 0 Å². The number of phenolic OH excluding ortho intramolecular Hbond substituents is 1. The van der Waals surface area contributed by atoms with Gasteiger partial charge in [-0.25, -0.2) is 0 Å². The van der Waals surface area contributed by atoms with Crippen LogP contribution >= 0.6 is 0 Å². The zero-order valence-corrected chi connectivity index (χ0v) is 9.06. The summed E-state index contributed by atoms with van der Waals surface area (Å²) in [5.74, 6) is 0.632. The SMILES string of the molecule is CCOCC=Cc1ccc(O)c(OC)c1. The van der Waals surface area contributed by atoms with E-state index in [2.05, 4.69) is 0 Å². The lowest BCUT2D eigenvalue weighted by atomic mass is 10.2. The van der Waals surface area contributed by atoms with Crippen LogP contribution < -0.4 is 4.74 Å². The summed E-state index contributed by atoms with van der Waals surface area (Å²) >= 11 is 0. The molecule has 0 radical (unpaired) electrons. The minimum Gasteiger partial charge on any atom is -0.504 e. The Morgan fingerprint density at radius 2 is 2.20 bits per heavy atom. The maximum absolute atomic E-state index is 9.37. The molecule has 1 aromatic rings. The van der Waals surface area contributed by atoms with Gasteiger partial charge >= 0.3 is 0 Å². The quantitative estimate of drug-likeness (QED) is 0.755. The van der Waals surface area contributed by atoms with Crippen LogP contribution in [0.3, 0.4) is 0 Å². The van der Waals surface area contributed by atoms with Crippen molar-refractivity contribution >= 4 is 6.08 Å². The van der Waals surface area contributed by atoms with Gasteiger partial charge in [0.2, 0.25) is 0 Å². The summed E-state index contributed by atoms with van der Waals surface area (Å²) in [5.41, 5.74) is 0.976. The van der Waals surface area contributed by atoms with E-state index < -0.39 is 0 Å². The van der Waals surface area contributed by atoms with Crippen molar-refractivity contribution in [1.82, 2.24) is 0 Å². The molecule has 0 aliphatic carbocycles. The number of aromatic hydroxyl groups is 1. The molecule has 0 aliphatic rings. The maximum Gasteiger partial charge on any atom is 0.161 e. The van der Waals surface area contributed by atoms with Gasteiger partial charge < -0.3 is 14.6 Å². The van der Waals surface area contributed by atoms with Gasteiger partial charge in [-0.1, -0.05) is 18.2 Å². The van der Waals surface area contributed by atoms with E-state index in [0.717, 1.165) is 5.56 Å². The summed E-state index contributed by atoms with van der Waals surface area (Å²) in [5, 5.41) is 9.37. The van der Waals surface area contributed by atoms with Crippen LogP contribution in [-0.2, 0) is 4.74 Å². The molecular formula is C12H16O3. The smallest absolute Gasteiger partial charge is 0.161 e. The van der Waals surface area contributed by atoms with Crippen molar-refractivity contribution in [3.63, 3.8) is 0 Å². The van der Waals surface area contributed by atoms with Crippen LogP contribution in [-0.4, -0.2) is 25.4 Å². The lowest BCUT2D eigenvalue weighted by Gasteiger charge is -2.03. The van der Waals surface area contributed by atoms with E-state index >= 15 is 0 Å². The molecule has 0 fully saturated rings. The van der Waals surface area contributed by atoms with Gasteiger partial charge in [-0.3, -0.25) is 0 Å². The zero-order chi connectivity index (χ0) is 11.1. The van der Waals surface area contributed by atoms with E-state index in [0.29, 0.717) is 19.0 Å². The van der Waals surface area contributed by atoms with E-state index in [1.54, 1.807) is 12.1 Å². The van der Waals surface area contributed by atoms with Crippen molar-refractivity contribution in [2.24, 2.45) is 0 Å². The number of hydrogen-bond acceptors (Lipinski definition) is 3. The monoisotopic (exact) mass is 208 g/mol. The second-order valence-corrected chi connectivity index (χ2v) is 2.99. The summed E-state index contributed by atoms with van der Waals surface area (Å²) in [7, 11) is 1.53. The predicted molar refractivity (Wildman–Crippen MR) is 60.2 cm³/mol. The molecule has 82 valence electrons. The molecular weight excluding hydrogens is 192 g/mol. The first-order valence-electron chi connectivity index (χ1n) is 4.89. The second-order valence-electron chi connectivity index (χ2n) is 2.99. The van der Waals surface area contributed by atoms with Gasteiger partial charge in [0.1, 0.15) is 0 Å². The van der Waals surface area contributed by atoms with Crippen molar-refractivity contribution < 1.29 is 14.6 Å². The topological polar surface area (TPSA) is 38.7 Å². The minimum absolute atomic E-state index is 0.152. The van der Waals surface area contributed by atoms with Crippen molar-refractivity contribution in [2.75, 3.05) is 20.3 Å². The maximum atomic E-state index is 9.37. The first-order valence-corrected chi connectivity index (χ1v) is 4.89. The third kappa shape index (κ3) is 3.64. The number of methoxy groups -OCH3 is 1. The number of hydrogen-bond donors (Lipinski definition) is 1. The minimum atomic E-state index is 0.152. The van der Waals surface area contributed by atoms with E-state index in [-0.39, 0.29) is 5.75 Å². The van der Waals surface area contributed by atoms with Gasteiger partial charge in [-0.2, -0.15) is 0 Å². The Balaban J connectivity index is 2.65. The molecule has 0 atom stereocenters. The predicted octanol–water partition coefficient (Wildman–Crippen LogP) is 2.45. The van der Waals surface area contributed by atoms with Gasteiger partial charge in [0, 0.05) is 6.61 Å². The average Bonchev–Trinajstić information content (AvgIpc) is 2.26. The molecule has 0 saturated carbocycles. The van der Waals surface area contributed by atoms with E-state index in [9.17, 15) is 5.11 Å². The first kappa shape index (κ1) is 11.6. The highest BCUT2D eigenvalue weighted by molar-refractivity contribution is 5.55. The molecule has 0 unspecified atom stereocenters. The number of benzene rings is 1. The van der Waals surface area contributed by atoms with Crippen LogP contribution in [0.15, 0.2) is 24.3 Å². The van der Waals surface area contributed by atoms with Crippen molar-refractivity contribution in [3.8, 4) is 11.5 Å². The standard InChI is InChI=1S/C12H16O3/c1-3-15-8-4-5-10-6-7-11(13)12(9-10)14-2/h4-7,9,13H,3,8H2,1-2H3. The highest BCUT2D eigenvalue weighted by atomic mass is 16.5. The normalized spacial score (nSPS) is 10.8. The zero-order valence-electron chi connectivity index (χ0n) is 9.06. The Kier molecular flexibility index (Phi) is 4.71. The molecule has 1 N–H and O–H groups in total. The van der Waals surface area contributed by atoms with Crippen molar-refractivity contribution in [3.05, 3.63) is 29.8 Å². The molecule has 1 rings (SSSR count). The molecule has 0 heterocycles. The Hall–Kier alpha value is -1.48. The Labute approximate surface area is 90.0 Å². The van der Waals surface area contributed by atoms with Crippen LogP contribution in [0.5, 0.6) is 11.5 Å².